The molecule has 1 saturated carbocycles. The summed E-state index contributed by atoms with van der Waals surface area (Å²) in [5.74, 6) is 0.195. The van der Waals surface area contributed by atoms with Gasteiger partial charge >= 0.3 is 0 Å². The zero-order chi connectivity index (χ0) is 13.9. The minimum Gasteiger partial charge on any atom is -0.351 e. The van der Waals surface area contributed by atoms with Crippen LogP contribution in [0.3, 0.4) is 0 Å². The number of thiazole rings is 1. The first-order valence-corrected chi connectivity index (χ1v) is 7.61. The van der Waals surface area contributed by atoms with Gasteiger partial charge in [0.2, 0.25) is 5.95 Å². The molecule has 0 aliphatic heterocycles. The minimum absolute atomic E-state index is 0.414. The van der Waals surface area contributed by atoms with Crippen molar-refractivity contribution >= 4 is 17.3 Å². The van der Waals surface area contributed by atoms with E-state index in [1.165, 1.54) is 24.2 Å². The van der Waals surface area contributed by atoms with E-state index in [0.29, 0.717) is 17.7 Å². The van der Waals surface area contributed by atoms with Crippen LogP contribution in [0.15, 0.2) is 17.6 Å². The molecule has 6 heteroatoms. The first kappa shape index (κ1) is 13.0. The highest BCUT2D eigenvalue weighted by Gasteiger charge is 2.23. The molecule has 1 aliphatic carbocycles. The van der Waals surface area contributed by atoms with E-state index in [0.717, 1.165) is 17.1 Å². The van der Waals surface area contributed by atoms with Crippen LogP contribution in [0, 0.1) is 11.3 Å². The molecule has 1 N–H and O–H groups in total. The second-order valence-corrected chi connectivity index (χ2v) is 5.71. The van der Waals surface area contributed by atoms with Crippen molar-refractivity contribution in [2.45, 2.75) is 38.1 Å². The molecular formula is C14H15N5S. The van der Waals surface area contributed by atoms with Gasteiger partial charge in [-0.2, -0.15) is 5.26 Å². The van der Waals surface area contributed by atoms with Gasteiger partial charge in [-0.25, -0.2) is 15.0 Å². The van der Waals surface area contributed by atoms with Crippen molar-refractivity contribution in [3.05, 3.63) is 34.0 Å². The molecule has 3 rings (SSSR count). The third-order valence-electron chi connectivity index (χ3n) is 3.19. The number of hydrogen-bond donors (Lipinski definition) is 1. The van der Waals surface area contributed by atoms with Crippen LogP contribution in [0.1, 0.15) is 42.1 Å². The lowest BCUT2D eigenvalue weighted by atomic mass is 10.1. The fourth-order valence-electron chi connectivity index (χ4n) is 1.88. The summed E-state index contributed by atoms with van der Waals surface area (Å²) < 4.78 is 0. The lowest BCUT2D eigenvalue weighted by molar-refractivity contribution is 0.907. The highest BCUT2D eigenvalue weighted by Crippen LogP contribution is 2.27. The third-order valence-corrected chi connectivity index (χ3v) is 4.15. The topological polar surface area (TPSA) is 74.5 Å². The Hall–Kier alpha value is -2.00. The molecule has 1 aliphatic rings. The zero-order valence-electron chi connectivity index (χ0n) is 11.2. The van der Waals surface area contributed by atoms with Gasteiger partial charge in [-0.3, -0.25) is 0 Å². The molecule has 0 amide bonds. The number of anilines is 1. The highest BCUT2D eigenvalue weighted by atomic mass is 32.1. The lowest BCUT2D eigenvalue weighted by Gasteiger charge is -2.08. The van der Waals surface area contributed by atoms with Crippen LogP contribution in [-0.4, -0.2) is 21.0 Å². The van der Waals surface area contributed by atoms with Crippen LogP contribution >= 0.6 is 11.3 Å². The molecular weight excluding hydrogens is 270 g/mol. The van der Waals surface area contributed by atoms with Crippen LogP contribution in [0.4, 0.5) is 5.95 Å². The normalized spacial score (nSPS) is 15.6. The van der Waals surface area contributed by atoms with Gasteiger partial charge in [-0.1, -0.05) is 6.92 Å². The van der Waals surface area contributed by atoms with Crippen LogP contribution in [0.2, 0.25) is 0 Å². The summed E-state index contributed by atoms with van der Waals surface area (Å²) in [4.78, 5) is 13.2. The Kier molecular flexibility index (Phi) is 3.61. The molecule has 1 fully saturated rings. The number of nitrogens with zero attached hydrogens (tertiary/aromatic N) is 4. The van der Waals surface area contributed by atoms with Gasteiger partial charge in [0.15, 0.2) is 0 Å². The standard InChI is InChI=1S/C14H15N5S/c1-2-9-8-20-13(17-9)11(7-15)12-5-6-16-14(19-12)18-10-3-4-10/h5-6,8,10-11H,2-4H2,1H3,(H,16,18,19). The van der Waals surface area contributed by atoms with E-state index in [2.05, 4.69) is 33.3 Å². The molecule has 5 nitrogen and oxygen atoms in total. The monoisotopic (exact) mass is 285 g/mol. The average molecular weight is 285 g/mol. The van der Waals surface area contributed by atoms with Crippen molar-refractivity contribution in [1.29, 1.82) is 5.26 Å². The number of rotatable bonds is 5. The van der Waals surface area contributed by atoms with Gasteiger partial charge in [0, 0.05) is 17.6 Å². The Morgan fingerprint density at radius 3 is 3.00 bits per heavy atom. The highest BCUT2D eigenvalue weighted by molar-refractivity contribution is 7.09. The molecule has 2 aromatic rings. The second kappa shape index (κ2) is 5.55. The number of aryl methyl sites for hydroxylation is 1. The van der Waals surface area contributed by atoms with Gasteiger partial charge in [0.25, 0.3) is 0 Å². The van der Waals surface area contributed by atoms with Gasteiger partial charge < -0.3 is 5.32 Å². The molecule has 2 heterocycles. The predicted molar refractivity (Wildman–Crippen MR) is 77.6 cm³/mol. The Morgan fingerprint density at radius 2 is 2.35 bits per heavy atom. The van der Waals surface area contributed by atoms with E-state index in [1.807, 2.05) is 5.38 Å². The summed E-state index contributed by atoms with van der Waals surface area (Å²) in [6, 6.07) is 4.59. The molecule has 1 atom stereocenters. The number of hydrogen-bond acceptors (Lipinski definition) is 6. The number of nitriles is 1. The van der Waals surface area contributed by atoms with E-state index in [4.69, 9.17) is 0 Å². The molecule has 2 aromatic heterocycles. The molecule has 0 bridgehead atoms. The third kappa shape index (κ3) is 2.78. The van der Waals surface area contributed by atoms with Crippen LogP contribution in [0.25, 0.3) is 0 Å². The van der Waals surface area contributed by atoms with E-state index < -0.39 is 5.92 Å². The van der Waals surface area contributed by atoms with Crippen LogP contribution < -0.4 is 5.32 Å². The van der Waals surface area contributed by atoms with E-state index in [1.54, 1.807) is 12.3 Å². The van der Waals surface area contributed by atoms with Crippen molar-refractivity contribution in [2.24, 2.45) is 0 Å². The van der Waals surface area contributed by atoms with Gasteiger partial charge in [0.05, 0.1) is 17.5 Å². The molecule has 20 heavy (non-hydrogen) atoms. The van der Waals surface area contributed by atoms with Crippen molar-refractivity contribution in [2.75, 3.05) is 5.32 Å². The average Bonchev–Trinajstić information content (AvgIpc) is 3.15. The fraction of sp³-hybridized carbons (Fsp3) is 0.429. The summed E-state index contributed by atoms with van der Waals surface area (Å²) in [5.41, 5.74) is 1.73. The first-order chi connectivity index (χ1) is 9.80. The maximum absolute atomic E-state index is 9.44. The second-order valence-electron chi connectivity index (χ2n) is 4.82. The Labute approximate surface area is 121 Å². The minimum atomic E-state index is -0.414. The zero-order valence-corrected chi connectivity index (χ0v) is 12.0. The number of aromatic nitrogens is 3. The maximum atomic E-state index is 9.44. The van der Waals surface area contributed by atoms with Crippen molar-refractivity contribution < 1.29 is 0 Å². The Balaban J connectivity index is 1.86. The summed E-state index contributed by atoms with van der Waals surface area (Å²) in [6.45, 7) is 2.06. The van der Waals surface area contributed by atoms with Crippen molar-refractivity contribution in [3.8, 4) is 6.07 Å². The first-order valence-electron chi connectivity index (χ1n) is 6.73. The quantitative estimate of drug-likeness (QED) is 0.914. The fourth-order valence-corrected chi connectivity index (χ4v) is 2.83. The molecule has 0 aromatic carbocycles. The molecule has 0 radical (unpaired) electrons. The summed E-state index contributed by atoms with van der Waals surface area (Å²) in [7, 11) is 0. The van der Waals surface area contributed by atoms with Gasteiger partial charge in [0.1, 0.15) is 10.9 Å². The molecule has 1 unspecified atom stereocenters. The smallest absolute Gasteiger partial charge is 0.223 e. The van der Waals surface area contributed by atoms with E-state index >= 15 is 0 Å². The maximum Gasteiger partial charge on any atom is 0.223 e. The van der Waals surface area contributed by atoms with E-state index in [-0.39, 0.29) is 0 Å². The van der Waals surface area contributed by atoms with Crippen LogP contribution in [0.5, 0.6) is 0 Å². The van der Waals surface area contributed by atoms with E-state index in [9.17, 15) is 5.26 Å². The van der Waals surface area contributed by atoms with Crippen LogP contribution in [-0.2, 0) is 6.42 Å². The molecule has 102 valence electrons. The summed E-state index contributed by atoms with van der Waals surface area (Å²) in [6.07, 6.45) is 4.92. The molecule has 0 spiro atoms. The van der Waals surface area contributed by atoms with Gasteiger partial charge in [-0.05, 0) is 25.3 Å². The largest absolute Gasteiger partial charge is 0.351 e. The Morgan fingerprint density at radius 1 is 1.50 bits per heavy atom. The SMILES string of the molecule is CCc1csc(C(C#N)c2ccnc(NC3CC3)n2)n1. The summed E-state index contributed by atoms with van der Waals surface area (Å²) in [5, 5.41) is 15.5. The van der Waals surface area contributed by atoms with Gasteiger partial charge in [-0.15, -0.1) is 11.3 Å². The Bertz CT molecular complexity index is 641. The van der Waals surface area contributed by atoms with Crippen molar-refractivity contribution in [3.63, 3.8) is 0 Å². The molecule has 0 saturated heterocycles. The van der Waals surface area contributed by atoms with Crippen molar-refractivity contribution in [1.82, 2.24) is 15.0 Å². The summed E-state index contributed by atoms with van der Waals surface area (Å²) >= 11 is 1.52. The predicted octanol–water partition coefficient (Wildman–Crippen LogP) is 2.73. The lowest BCUT2D eigenvalue weighted by Crippen LogP contribution is -2.08. The number of nitrogens with one attached hydrogen (secondary N) is 1.